The summed E-state index contributed by atoms with van der Waals surface area (Å²) >= 11 is 0. The van der Waals surface area contributed by atoms with E-state index in [0.29, 0.717) is 22.1 Å². The molecule has 2 amide bonds. The number of amides is 2. The minimum atomic E-state index is -0.583. The third-order valence-electron chi connectivity index (χ3n) is 3.14. The van der Waals surface area contributed by atoms with E-state index in [1.807, 2.05) is 12.1 Å². The summed E-state index contributed by atoms with van der Waals surface area (Å²) in [7, 11) is 1.77. The van der Waals surface area contributed by atoms with Gasteiger partial charge < -0.3 is 16.8 Å². The van der Waals surface area contributed by atoms with Gasteiger partial charge in [-0.25, -0.2) is 0 Å². The molecule has 0 aliphatic carbocycles. The summed E-state index contributed by atoms with van der Waals surface area (Å²) in [5.41, 5.74) is 13.0. The molecule has 0 radical (unpaired) electrons. The van der Waals surface area contributed by atoms with Gasteiger partial charge in [-0.2, -0.15) is 0 Å². The molecule has 0 saturated carbocycles. The monoisotopic (exact) mass is 257 g/mol. The highest BCUT2D eigenvalue weighted by molar-refractivity contribution is 6.18. The average Bonchev–Trinajstić information content (AvgIpc) is 2.36. The highest BCUT2D eigenvalue weighted by Crippen LogP contribution is 2.31. The fourth-order valence-corrected chi connectivity index (χ4v) is 2.34. The van der Waals surface area contributed by atoms with Gasteiger partial charge in [-0.05, 0) is 24.6 Å². The second kappa shape index (κ2) is 4.61. The van der Waals surface area contributed by atoms with Gasteiger partial charge in [0.15, 0.2) is 0 Å². The van der Waals surface area contributed by atoms with Crippen molar-refractivity contribution in [2.75, 3.05) is 12.4 Å². The number of hydrogen-bond acceptors (Lipinski definition) is 3. The van der Waals surface area contributed by atoms with Gasteiger partial charge in [0, 0.05) is 29.1 Å². The number of anilines is 1. The van der Waals surface area contributed by atoms with Gasteiger partial charge in [0.2, 0.25) is 11.8 Å². The molecule has 0 spiro atoms. The summed E-state index contributed by atoms with van der Waals surface area (Å²) in [5.74, 6) is -1.15. The SMILES string of the molecule is CNc1cc(C)c(C(N)=O)c2c(C(N)=O)cccc12. The molecule has 0 saturated heterocycles. The van der Waals surface area contributed by atoms with Crippen molar-refractivity contribution < 1.29 is 9.59 Å². The Balaban J connectivity index is 3.05. The minimum absolute atomic E-state index is 0.298. The Morgan fingerprint density at radius 3 is 2.37 bits per heavy atom. The first-order valence-electron chi connectivity index (χ1n) is 5.81. The molecule has 5 heteroatoms. The van der Waals surface area contributed by atoms with Crippen LogP contribution in [0.4, 0.5) is 5.69 Å². The maximum atomic E-state index is 11.7. The zero-order valence-electron chi connectivity index (χ0n) is 10.8. The lowest BCUT2D eigenvalue weighted by atomic mass is 9.93. The average molecular weight is 257 g/mol. The van der Waals surface area contributed by atoms with Gasteiger partial charge in [-0.15, -0.1) is 0 Å². The van der Waals surface area contributed by atoms with Crippen LogP contribution < -0.4 is 16.8 Å². The summed E-state index contributed by atoms with van der Waals surface area (Å²) < 4.78 is 0. The van der Waals surface area contributed by atoms with Gasteiger partial charge in [-0.1, -0.05) is 12.1 Å². The van der Waals surface area contributed by atoms with Crippen LogP contribution >= 0.6 is 0 Å². The quantitative estimate of drug-likeness (QED) is 0.774. The first-order valence-corrected chi connectivity index (χ1v) is 5.81. The maximum Gasteiger partial charge on any atom is 0.249 e. The molecule has 0 atom stereocenters. The Bertz CT molecular complexity index is 693. The van der Waals surface area contributed by atoms with Crippen molar-refractivity contribution in [3.8, 4) is 0 Å². The molecular formula is C14H15N3O2. The normalized spacial score (nSPS) is 10.4. The molecule has 0 heterocycles. The Morgan fingerprint density at radius 1 is 1.16 bits per heavy atom. The summed E-state index contributed by atoms with van der Waals surface area (Å²) in [6.45, 7) is 1.78. The third-order valence-corrected chi connectivity index (χ3v) is 3.14. The number of hydrogen-bond donors (Lipinski definition) is 3. The molecule has 0 aliphatic rings. The van der Waals surface area contributed by atoms with E-state index in [4.69, 9.17) is 11.5 Å². The Kier molecular flexibility index (Phi) is 3.12. The third kappa shape index (κ3) is 1.99. The van der Waals surface area contributed by atoms with Crippen LogP contribution in [0, 0.1) is 6.92 Å². The van der Waals surface area contributed by atoms with Crippen LogP contribution in [0.25, 0.3) is 10.8 Å². The van der Waals surface area contributed by atoms with E-state index in [9.17, 15) is 9.59 Å². The standard InChI is InChI=1S/C14H15N3O2/c1-7-6-10(17-2)8-4-3-5-9(13(15)18)12(8)11(7)14(16)19/h3-6,17H,1-2H3,(H2,15,18)(H2,16,19). The smallest absolute Gasteiger partial charge is 0.249 e. The fraction of sp³-hybridized carbons (Fsp3) is 0.143. The second-order valence-corrected chi connectivity index (χ2v) is 4.32. The van der Waals surface area contributed by atoms with Crippen LogP contribution in [-0.2, 0) is 0 Å². The number of aryl methyl sites for hydroxylation is 1. The molecule has 2 aromatic carbocycles. The predicted molar refractivity (Wildman–Crippen MR) is 75.3 cm³/mol. The van der Waals surface area contributed by atoms with Crippen molar-refractivity contribution >= 4 is 28.3 Å². The Labute approximate surface area is 110 Å². The van der Waals surface area contributed by atoms with Crippen LogP contribution in [0.2, 0.25) is 0 Å². The van der Waals surface area contributed by atoms with E-state index in [0.717, 1.165) is 11.1 Å². The zero-order chi connectivity index (χ0) is 14.2. The number of carbonyl (C=O) groups excluding carboxylic acids is 2. The van der Waals surface area contributed by atoms with Gasteiger partial charge in [0.25, 0.3) is 0 Å². The molecule has 2 rings (SSSR count). The van der Waals surface area contributed by atoms with Gasteiger partial charge in [0.05, 0.1) is 5.56 Å². The summed E-state index contributed by atoms with van der Waals surface area (Å²) in [4.78, 5) is 23.2. The van der Waals surface area contributed by atoms with E-state index < -0.39 is 11.8 Å². The number of fused-ring (bicyclic) bond motifs is 1. The first kappa shape index (κ1) is 12.9. The van der Waals surface area contributed by atoms with E-state index in [-0.39, 0.29) is 0 Å². The summed E-state index contributed by atoms with van der Waals surface area (Å²) in [5, 5.41) is 4.29. The van der Waals surface area contributed by atoms with Crippen LogP contribution in [0.15, 0.2) is 24.3 Å². The highest BCUT2D eigenvalue weighted by atomic mass is 16.1. The molecule has 0 unspecified atom stereocenters. The van der Waals surface area contributed by atoms with Crippen LogP contribution in [0.3, 0.4) is 0 Å². The first-order chi connectivity index (χ1) is 8.97. The van der Waals surface area contributed by atoms with Crippen molar-refractivity contribution in [1.29, 1.82) is 0 Å². The molecule has 0 aromatic heterocycles. The number of benzene rings is 2. The number of carbonyl (C=O) groups is 2. The lowest BCUT2D eigenvalue weighted by Gasteiger charge is -2.14. The zero-order valence-corrected chi connectivity index (χ0v) is 10.8. The van der Waals surface area contributed by atoms with Crippen molar-refractivity contribution in [3.63, 3.8) is 0 Å². The summed E-state index contributed by atoms with van der Waals surface area (Å²) in [6, 6.07) is 6.96. The van der Waals surface area contributed by atoms with Gasteiger partial charge >= 0.3 is 0 Å². The molecule has 98 valence electrons. The maximum absolute atomic E-state index is 11.7. The minimum Gasteiger partial charge on any atom is -0.388 e. The number of rotatable bonds is 3. The van der Waals surface area contributed by atoms with Gasteiger partial charge in [-0.3, -0.25) is 9.59 Å². The van der Waals surface area contributed by atoms with E-state index >= 15 is 0 Å². The molecule has 2 aromatic rings. The molecule has 0 aliphatic heterocycles. The van der Waals surface area contributed by atoms with Crippen molar-refractivity contribution in [3.05, 3.63) is 41.0 Å². The molecule has 5 N–H and O–H groups in total. The molecule has 19 heavy (non-hydrogen) atoms. The second-order valence-electron chi connectivity index (χ2n) is 4.32. The van der Waals surface area contributed by atoms with Gasteiger partial charge in [0.1, 0.15) is 0 Å². The molecular weight excluding hydrogens is 242 g/mol. The fourth-order valence-electron chi connectivity index (χ4n) is 2.34. The highest BCUT2D eigenvalue weighted by Gasteiger charge is 2.18. The Hall–Kier alpha value is -2.56. The van der Waals surface area contributed by atoms with Crippen LogP contribution in [0.1, 0.15) is 26.3 Å². The molecule has 0 fully saturated rings. The lowest BCUT2D eigenvalue weighted by molar-refractivity contribution is 0.0998. The lowest BCUT2D eigenvalue weighted by Crippen LogP contribution is -2.18. The summed E-state index contributed by atoms with van der Waals surface area (Å²) in [6.07, 6.45) is 0. The van der Waals surface area contributed by atoms with Crippen molar-refractivity contribution in [2.45, 2.75) is 6.92 Å². The number of nitrogens with two attached hydrogens (primary N) is 2. The van der Waals surface area contributed by atoms with Crippen molar-refractivity contribution in [2.24, 2.45) is 11.5 Å². The Morgan fingerprint density at radius 2 is 1.84 bits per heavy atom. The van der Waals surface area contributed by atoms with Crippen LogP contribution in [-0.4, -0.2) is 18.9 Å². The van der Waals surface area contributed by atoms with Crippen molar-refractivity contribution in [1.82, 2.24) is 0 Å². The van der Waals surface area contributed by atoms with E-state index in [1.165, 1.54) is 0 Å². The molecule has 0 bridgehead atoms. The molecule has 5 nitrogen and oxygen atoms in total. The number of nitrogens with one attached hydrogen (secondary N) is 1. The topological polar surface area (TPSA) is 98.2 Å². The number of primary amides is 2. The predicted octanol–water partition coefficient (Wildman–Crippen LogP) is 1.39. The van der Waals surface area contributed by atoms with Crippen LogP contribution in [0.5, 0.6) is 0 Å². The van der Waals surface area contributed by atoms with E-state index in [2.05, 4.69) is 5.32 Å². The largest absolute Gasteiger partial charge is 0.388 e. The van der Waals surface area contributed by atoms with E-state index in [1.54, 1.807) is 26.1 Å².